The molecule has 4 fully saturated rings. The lowest BCUT2D eigenvalue weighted by Gasteiger charge is -2.58. The molecule has 0 saturated heterocycles. The minimum Gasteiger partial charge on any atom is -0.455 e. The van der Waals surface area contributed by atoms with Crippen LogP contribution in [0.25, 0.3) is 0 Å². The lowest BCUT2D eigenvalue weighted by molar-refractivity contribution is -0.172. The second kappa shape index (κ2) is 7.43. The van der Waals surface area contributed by atoms with Gasteiger partial charge in [-0.05, 0) is 75.0 Å². The first-order valence-corrected chi connectivity index (χ1v) is 11.0. The van der Waals surface area contributed by atoms with E-state index in [0.717, 1.165) is 37.7 Å². The Bertz CT molecular complexity index is 769. The van der Waals surface area contributed by atoms with Gasteiger partial charge in [0.05, 0.1) is 5.41 Å². The van der Waals surface area contributed by atoms with E-state index in [-0.39, 0.29) is 28.6 Å². The van der Waals surface area contributed by atoms with Crippen molar-refractivity contribution in [3.8, 4) is 0 Å². The standard InChI is InChI=1S/C22H27BrFNO3/c1-2-25(12-15-4-3-5-18(24)7-15)19(26)13-28-20(27)21-8-16-6-17(9-21)11-22(23,10-16)14-21/h3-5,7,16-17H,2,6,8-14H2,1H3. The van der Waals surface area contributed by atoms with Gasteiger partial charge in [0.2, 0.25) is 0 Å². The van der Waals surface area contributed by atoms with Crippen LogP contribution in [0.4, 0.5) is 4.39 Å². The summed E-state index contributed by atoms with van der Waals surface area (Å²) in [5.41, 5.74) is 0.303. The molecule has 2 unspecified atom stereocenters. The van der Waals surface area contributed by atoms with E-state index in [1.165, 1.54) is 18.6 Å². The molecule has 0 aliphatic heterocycles. The zero-order valence-electron chi connectivity index (χ0n) is 16.3. The Morgan fingerprint density at radius 2 is 1.96 bits per heavy atom. The number of hydrogen-bond donors (Lipinski definition) is 0. The van der Waals surface area contributed by atoms with Crippen LogP contribution in [0, 0.1) is 23.1 Å². The maximum Gasteiger partial charge on any atom is 0.312 e. The number of amides is 1. The molecule has 0 heterocycles. The van der Waals surface area contributed by atoms with Gasteiger partial charge in [-0.3, -0.25) is 9.59 Å². The van der Waals surface area contributed by atoms with Crippen molar-refractivity contribution in [1.82, 2.24) is 4.90 Å². The van der Waals surface area contributed by atoms with Crippen molar-refractivity contribution in [1.29, 1.82) is 0 Å². The number of esters is 1. The fourth-order valence-corrected chi connectivity index (χ4v) is 7.45. The number of ether oxygens (including phenoxy) is 1. The van der Waals surface area contributed by atoms with E-state index >= 15 is 0 Å². The maximum absolute atomic E-state index is 13.4. The zero-order chi connectivity index (χ0) is 19.9. The average molecular weight is 452 g/mol. The molecule has 1 aromatic rings. The number of halogens is 2. The highest BCUT2D eigenvalue weighted by Crippen LogP contribution is 2.64. The predicted molar refractivity (Wildman–Crippen MR) is 107 cm³/mol. The Hall–Kier alpha value is -1.43. The predicted octanol–water partition coefficient (Wildman–Crippen LogP) is 4.45. The Kier molecular flexibility index (Phi) is 5.27. The van der Waals surface area contributed by atoms with E-state index in [4.69, 9.17) is 4.74 Å². The largest absolute Gasteiger partial charge is 0.455 e. The highest BCUT2D eigenvalue weighted by atomic mass is 79.9. The topological polar surface area (TPSA) is 46.6 Å². The van der Waals surface area contributed by atoms with Gasteiger partial charge in [-0.2, -0.15) is 0 Å². The molecule has 5 rings (SSSR count). The normalized spacial score (nSPS) is 33.0. The second-order valence-electron chi connectivity index (χ2n) is 9.01. The summed E-state index contributed by atoms with van der Waals surface area (Å²) < 4.78 is 19.0. The summed E-state index contributed by atoms with van der Waals surface area (Å²) in [6.07, 6.45) is 6.12. The fraction of sp³-hybridized carbons (Fsp3) is 0.636. The monoisotopic (exact) mass is 451 g/mol. The van der Waals surface area contributed by atoms with Gasteiger partial charge in [-0.15, -0.1) is 0 Å². The van der Waals surface area contributed by atoms with E-state index < -0.39 is 5.41 Å². The van der Waals surface area contributed by atoms with Crippen LogP contribution < -0.4 is 0 Å². The Balaban J connectivity index is 1.37. The molecule has 4 bridgehead atoms. The summed E-state index contributed by atoms with van der Waals surface area (Å²) in [6.45, 7) is 2.41. The van der Waals surface area contributed by atoms with Crippen LogP contribution in [0.2, 0.25) is 0 Å². The molecule has 0 aromatic heterocycles. The number of likely N-dealkylation sites (N-methyl/N-ethyl adjacent to an activating group) is 1. The molecule has 6 heteroatoms. The van der Waals surface area contributed by atoms with Gasteiger partial charge in [0, 0.05) is 17.4 Å². The number of rotatable bonds is 6. The van der Waals surface area contributed by atoms with Crippen molar-refractivity contribution in [2.24, 2.45) is 17.3 Å². The molecule has 1 amide bonds. The van der Waals surface area contributed by atoms with Gasteiger partial charge in [0.15, 0.2) is 6.61 Å². The number of nitrogens with zero attached hydrogens (tertiary/aromatic N) is 1. The molecule has 0 N–H and O–H groups in total. The number of carbonyl (C=O) groups excluding carboxylic acids is 2. The van der Waals surface area contributed by atoms with Crippen molar-refractivity contribution in [3.05, 3.63) is 35.6 Å². The molecule has 4 aliphatic rings. The number of carbonyl (C=O) groups is 2. The first-order valence-electron chi connectivity index (χ1n) is 10.2. The van der Waals surface area contributed by atoms with Crippen molar-refractivity contribution >= 4 is 27.8 Å². The van der Waals surface area contributed by atoms with E-state index in [1.54, 1.807) is 17.0 Å². The quantitative estimate of drug-likeness (QED) is 0.473. The van der Waals surface area contributed by atoms with Gasteiger partial charge in [0.1, 0.15) is 5.82 Å². The van der Waals surface area contributed by atoms with E-state index in [1.807, 2.05) is 6.92 Å². The van der Waals surface area contributed by atoms with Crippen LogP contribution in [0.1, 0.15) is 51.0 Å². The second-order valence-corrected chi connectivity index (χ2v) is 10.7. The highest BCUT2D eigenvalue weighted by molar-refractivity contribution is 9.10. The van der Waals surface area contributed by atoms with Gasteiger partial charge >= 0.3 is 5.97 Å². The minimum absolute atomic E-state index is 0.0763. The van der Waals surface area contributed by atoms with Crippen LogP contribution in [-0.4, -0.2) is 34.3 Å². The summed E-state index contributed by atoms with van der Waals surface area (Å²) in [5.74, 6) is 0.407. The molecule has 28 heavy (non-hydrogen) atoms. The molecule has 4 aliphatic carbocycles. The maximum atomic E-state index is 13.4. The third kappa shape index (κ3) is 3.85. The summed E-state index contributed by atoms with van der Waals surface area (Å²) in [4.78, 5) is 27.2. The first kappa shape index (κ1) is 19.9. The number of alkyl halides is 1. The van der Waals surface area contributed by atoms with Gasteiger partial charge in [0.25, 0.3) is 5.91 Å². The van der Waals surface area contributed by atoms with Gasteiger partial charge in [-0.25, -0.2) is 4.39 Å². The Labute approximate surface area is 173 Å². The third-order valence-electron chi connectivity index (χ3n) is 6.75. The molecule has 4 saturated carbocycles. The van der Waals surface area contributed by atoms with Crippen molar-refractivity contribution in [3.63, 3.8) is 0 Å². The molecule has 0 radical (unpaired) electrons. The van der Waals surface area contributed by atoms with Crippen LogP contribution >= 0.6 is 15.9 Å². The fourth-order valence-electron chi connectivity index (χ4n) is 5.99. The Morgan fingerprint density at radius 1 is 1.25 bits per heavy atom. The molecule has 1 aromatic carbocycles. The average Bonchev–Trinajstić information content (AvgIpc) is 2.62. The Morgan fingerprint density at radius 3 is 2.57 bits per heavy atom. The first-order chi connectivity index (χ1) is 13.3. The lowest BCUT2D eigenvalue weighted by atomic mass is 9.49. The molecule has 0 spiro atoms. The summed E-state index contributed by atoms with van der Waals surface area (Å²) in [7, 11) is 0. The molecular weight excluding hydrogens is 425 g/mol. The van der Waals surface area contributed by atoms with Crippen molar-refractivity contribution in [2.75, 3.05) is 13.2 Å². The minimum atomic E-state index is -0.423. The van der Waals surface area contributed by atoms with E-state index in [0.29, 0.717) is 24.9 Å². The third-order valence-corrected chi connectivity index (χ3v) is 7.67. The van der Waals surface area contributed by atoms with Crippen LogP contribution in [0.5, 0.6) is 0 Å². The molecular formula is C22H27BrFNO3. The molecule has 2 atom stereocenters. The molecule has 152 valence electrons. The SMILES string of the molecule is CCN(Cc1cccc(F)c1)C(=O)COC(=O)C12CC3CC(CC(Br)(C3)C1)C2. The number of hydrogen-bond acceptors (Lipinski definition) is 3. The van der Waals surface area contributed by atoms with Gasteiger partial charge < -0.3 is 9.64 Å². The summed E-state index contributed by atoms with van der Waals surface area (Å²) >= 11 is 3.90. The van der Waals surface area contributed by atoms with Crippen LogP contribution in [0.15, 0.2) is 24.3 Å². The van der Waals surface area contributed by atoms with Crippen LogP contribution in [-0.2, 0) is 20.9 Å². The lowest BCUT2D eigenvalue weighted by Crippen LogP contribution is -2.56. The molecule has 4 nitrogen and oxygen atoms in total. The van der Waals surface area contributed by atoms with Crippen LogP contribution in [0.3, 0.4) is 0 Å². The van der Waals surface area contributed by atoms with E-state index in [2.05, 4.69) is 15.9 Å². The summed E-state index contributed by atoms with van der Waals surface area (Å²) in [6, 6.07) is 6.22. The van der Waals surface area contributed by atoms with E-state index in [9.17, 15) is 14.0 Å². The van der Waals surface area contributed by atoms with Crippen molar-refractivity contribution < 1.29 is 18.7 Å². The highest BCUT2D eigenvalue weighted by Gasteiger charge is 2.60. The number of benzene rings is 1. The zero-order valence-corrected chi connectivity index (χ0v) is 17.8. The van der Waals surface area contributed by atoms with Gasteiger partial charge in [-0.1, -0.05) is 28.1 Å². The smallest absolute Gasteiger partial charge is 0.312 e. The van der Waals surface area contributed by atoms with Crippen molar-refractivity contribution in [2.45, 2.75) is 56.3 Å². The summed E-state index contributed by atoms with van der Waals surface area (Å²) in [5, 5.41) is 0.